The molecule has 2 nitrogen and oxygen atoms in total. The molecule has 31 heavy (non-hydrogen) atoms. The van der Waals surface area contributed by atoms with Crippen LogP contribution >= 0.6 is 0 Å². The second-order valence-corrected chi connectivity index (χ2v) is 7.16. The normalized spacial score (nSPS) is 10.5. The van der Waals surface area contributed by atoms with Gasteiger partial charge in [0.1, 0.15) is 11.6 Å². The van der Waals surface area contributed by atoms with Crippen LogP contribution < -0.4 is 5.01 Å². The standard InChI is InChI=1S/C27H22F2N2/c28-24-14-16-26(17-15-24)31(19-18-21-8-7-13-25(29)20-21)30-27(22-9-3-1-4-10-22)23-11-5-2-6-12-23/h1-17,20H,18-19H2. The molecule has 0 spiro atoms. The summed E-state index contributed by atoms with van der Waals surface area (Å²) in [5, 5.41) is 6.83. The third-order valence-corrected chi connectivity index (χ3v) is 4.94. The van der Waals surface area contributed by atoms with Crippen LogP contribution in [-0.2, 0) is 6.42 Å². The smallest absolute Gasteiger partial charge is 0.123 e. The summed E-state index contributed by atoms with van der Waals surface area (Å²) in [6.07, 6.45) is 0.593. The Morgan fingerprint density at radius 1 is 0.645 bits per heavy atom. The van der Waals surface area contributed by atoms with E-state index in [0.29, 0.717) is 13.0 Å². The Balaban J connectivity index is 1.74. The Bertz CT molecular complexity index is 1100. The monoisotopic (exact) mass is 412 g/mol. The Kier molecular flexibility index (Phi) is 6.48. The number of halogens is 2. The lowest BCUT2D eigenvalue weighted by atomic mass is 10.0. The molecule has 0 aliphatic heterocycles. The van der Waals surface area contributed by atoms with E-state index in [2.05, 4.69) is 0 Å². The van der Waals surface area contributed by atoms with Crippen LogP contribution in [0.5, 0.6) is 0 Å². The molecule has 0 aliphatic carbocycles. The van der Waals surface area contributed by atoms with Crippen molar-refractivity contribution in [3.8, 4) is 0 Å². The predicted molar refractivity (Wildman–Crippen MR) is 122 cm³/mol. The fraction of sp³-hybridized carbons (Fsp3) is 0.0741. The fourth-order valence-electron chi connectivity index (χ4n) is 3.37. The SMILES string of the molecule is Fc1ccc(N(CCc2cccc(F)c2)N=C(c2ccccc2)c2ccccc2)cc1. The molecule has 0 atom stereocenters. The van der Waals surface area contributed by atoms with Crippen LogP contribution in [0.1, 0.15) is 16.7 Å². The fourth-order valence-corrected chi connectivity index (χ4v) is 3.37. The number of hydrogen-bond acceptors (Lipinski definition) is 2. The minimum absolute atomic E-state index is 0.261. The molecular weight excluding hydrogens is 390 g/mol. The van der Waals surface area contributed by atoms with Crippen molar-refractivity contribution in [3.05, 3.63) is 138 Å². The predicted octanol–water partition coefficient (Wildman–Crippen LogP) is 6.47. The number of nitrogens with zero attached hydrogens (tertiary/aromatic N) is 2. The second kappa shape index (κ2) is 9.81. The summed E-state index contributed by atoms with van der Waals surface area (Å²) in [5.74, 6) is -0.562. The largest absolute Gasteiger partial charge is 0.265 e. The van der Waals surface area contributed by atoms with Crippen LogP contribution in [0.15, 0.2) is 114 Å². The Hall–Kier alpha value is -3.79. The Morgan fingerprint density at radius 3 is 1.84 bits per heavy atom. The zero-order valence-electron chi connectivity index (χ0n) is 17.0. The van der Waals surface area contributed by atoms with Gasteiger partial charge in [-0.2, -0.15) is 5.10 Å². The molecule has 0 saturated carbocycles. The molecule has 154 valence electrons. The van der Waals surface area contributed by atoms with Crippen molar-refractivity contribution in [1.29, 1.82) is 0 Å². The lowest BCUT2D eigenvalue weighted by Crippen LogP contribution is -2.23. The van der Waals surface area contributed by atoms with E-state index >= 15 is 0 Å². The molecule has 0 radical (unpaired) electrons. The van der Waals surface area contributed by atoms with Gasteiger partial charge in [0.25, 0.3) is 0 Å². The molecule has 0 unspecified atom stereocenters. The highest BCUT2D eigenvalue weighted by molar-refractivity contribution is 6.13. The van der Waals surface area contributed by atoms with Gasteiger partial charge in [-0.05, 0) is 48.4 Å². The minimum Gasteiger partial charge on any atom is -0.265 e. The maximum atomic E-state index is 13.6. The van der Waals surface area contributed by atoms with E-state index < -0.39 is 0 Å². The van der Waals surface area contributed by atoms with Crippen LogP contribution in [0.2, 0.25) is 0 Å². The molecule has 0 heterocycles. The van der Waals surface area contributed by atoms with Gasteiger partial charge in [-0.15, -0.1) is 0 Å². The molecule has 4 aromatic rings. The van der Waals surface area contributed by atoms with E-state index in [9.17, 15) is 8.78 Å². The summed E-state index contributed by atoms with van der Waals surface area (Å²) in [6.45, 7) is 0.512. The first-order chi connectivity index (χ1) is 15.2. The molecule has 0 N–H and O–H groups in total. The number of rotatable bonds is 7. The van der Waals surface area contributed by atoms with Crippen molar-refractivity contribution in [2.75, 3.05) is 11.6 Å². The molecule has 0 bridgehead atoms. The summed E-state index contributed by atoms with van der Waals surface area (Å²) >= 11 is 0. The van der Waals surface area contributed by atoms with E-state index in [0.717, 1.165) is 28.1 Å². The molecule has 0 amide bonds. The van der Waals surface area contributed by atoms with Crippen molar-refractivity contribution >= 4 is 11.4 Å². The molecule has 0 aliphatic rings. The maximum Gasteiger partial charge on any atom is 0.123 e. The first-order valence-corrected chi connectivity index (χ1v) is 10.2. The number of benzene rings is 4. The Labute approximate surface area is 181 Å². The number of anilines is 1. The van der Waals surface area contributed by atoms with Gasteiger partial charge in [-0.1, -0.05) is 72.8 Å². The third-order valence-electron chi connectivity index (χ3n) is 4.94. The van der Waals surface area contributed by atoms with Crippen LogP contribution in [0, 0.1) is 11.6 Å². The maximum absolute atomic E-state index is 13.6. The van der Waals surface area contributed by atoms with Gasteiger partial charge in [0, 0.05) is 17.7 Å². The van der Waals surface area contributed by atoms with Gasteiger partial charge < -0.3 is 0 Å². The summed E-state index contributed by atoms with van der Waals surface area (Å²) < 4.78 is 27.2. The van der Waals surface area contributed by atoms with E-state index in [1.807, 2.05) is 71.7 Å². The highest BCUT2D eigenvalue weighted by atomic mass is 19.1. The Morgan fingerprint density at radius 2 is 1.26 bits per heavy atom. The van der Waals surface area contributed by atoms with Crippen molar-refractivity contribution in [2.45, 2.75) is 6.42 Å². The van der Waals surface area contributed by atoms with Gasteiger partial charge in [0.2, 0.25) is 0 Å². The van der Waals surface area contributed by atoms with Crippen LogP contribution in [0.3, 0.4) is 0 Å². The van der Waals surface area contributed by atoms with E-state index in [1.54, 1.807) is 18.2 Å². The molecule has 4 aromatic carbocycles. The van der Waals surface area contributed by atoms with Gasteiger partial charge in [-0.3, -0.25) is 5.01 Å². The van der Waals surface area contributed by atoms with Gasteiger partial charge in [-0.25, -0.2) is 8.78 Å². The second-order valence-electron chi connectivity index (χ2n) is 7.16. The number of hydrazone groups is 1. The highest BCUT2D eigenvalue weighted by Crippen LogP contribution is 2.20. The van der Waals surface area contributed by atoms with E-state index in [1.165, 1.54) is 24.3 Å². The van der Waals surface area contributed by atoms with Crippen molar-refractivity contribution < 1.29 is 8.78 Å². The summed E-state index contributed by atoms with van der Waals surface area (Å²) in [5.41, 5.74) is 4.41. The zero-order chi connectivity index (χ0) is 21.5. The van der Waals surface area contributed by atoms with Gasteiger partial charge in [0.15, 0.2) is 0 Å². The molecular formula is C27H22F2N2. The van der Waals surface area contributed by atoms with Crippen molar-refractivity contribution in [3.63, 3.8) is 0 Å². The number of hydrogen-bond donors (Lipinski definition) is 0. The average Bonchev–Trinajstić information content (AvgIpc) is 2.81. The van der Waals surface area contributed by atoms with Crippen molar-refractivity contribution in [2.24, 2.45) is 5.10 Å². The molecule has 4 heteroatoms. The lowest BCUT2D eigenvalue weighted by molar-refractivity contribution is 0.624. The first kappa shape index (κ1) is 20.5. The third kappa shape index (κ3) is 5.43. The summed E-state index contributed by atoms with van der Waals surface area (Å²) in [4.78, 5) is 0. The van der Waals surface area contributed by atoms with Crippen molar-refractivity contribution in [1.82, 2.24) is 0 Å². The lowest BCUT2D eigenvalue weighted by Gasteiger charge is -2.22. The summed E-state index contributed by atoms with van der Waals surface area (Å²) in [6, 6.07) is 32.7. The first-order valence-electron chi connectivity index (χ1n) is 10.2. The highest BCUT2D eigenvalue weighted by Gasteiger charge is 2.12. The summed E-state index contributed by atoms with van der Waals surface area (Å²) in [7, 11) is 0. The topological polar surface area (TPSA) is 15.6 Å². The van der Waals surface area contributed by atoms with E-state index in [4.69, 9.17) is 5.10 Å². The van der Waals surface area contributed by atoms with E-state index in [-0.39, 0.29) is 11.6 Å². The molecule has 0 fully saturated rings. The quantitative estimate of drug-likeness (QED) is 0.251. The molecule has 4 rings (SSSR count). The van der Waals surface area contributed by atoms with Crippen LogP contribution in [0.4, 0.5) is 14.5 Å². The van der Waals surface area contributed by atoms with Crippen LogP contribution in [0.25, 0.3) is 0 Å². The average molecular weight is 412 g/mol. The zero-order valence-corrected chi connectivity index (χ0v) is 17.0. The molecule has 0 saturated heterocycles. The molecule has 0 aromatic heterocycles. The minimum atomic E-state index is -0.302. The van der Waals surface area contributed by atoms with Crippen LogP contribution in [-0.4, -0.2) is 12.3 Å². The van der Waals surface area contributed by atoms with Gasteiger partial charge >= 0.3 is 0 Å². The van der Waals surface area contributed by atoms with Gasteiger partial charge in [0.05, 0.1) is 11.4 Å².